The van der Waals surface area contributed by atoms with Gasteiger partial charge in [-0.1, -0.05) is 30.3 Å². The summed E-state index contributed by atoms with van der Waals surface area (Å²) in [7, 11) is 0. The molecule has 1 N–H and O–H groups in total. The maximum Gasteiger partial charge on any atom is 0.231 e. The van der Waals surface area contributed by atoms with Gasteiger partial charge in [0.2, 0.25) is 12.7 Å². The van der Waals surface area contributed by atoms with Crippen LogP contribution in [0.1, 0.15) is 36.0 Å². The van der Waals surface area contributed by atoms with Gasteiger partial charge in [0.05, 0.1) is 0 Å². The molecule has 5 heteroatoms. The van der Waals surface area contributed by atoms with E-state index in [9.17, 15) is 4.79 Å². The monoisotopic (exact) mass is 366 g/mol. The Morgan fingerprint density at radius 2 is 1.78 bits per heavy atom. The highest BCUT2D eigenvalue weighted by Gasteiger charge is 2.15. The summed E-state index contributed by atoms with van der Waals surface area (Å²) in [6.45, 7) is 4.19. The molecule has 1 amide bonds. The summed E-state index contributed by atoms with van der Waals surface area (Å²) in [4.78, 5) is 14.8. The number of nitrogens with zero attached hydrogens (tertiary/aromatic N) is 1. The minimum absolute atomic E-state index is 0.0728. The number of nitrogens with one attached hydrogen (secondary N) is 1. The average Bonchev–Trinajstić information content (AvgIpc) is 3.37. The van der Waals surface area contributed by atoms with Gasteiger partial charge in [0, 0.05) is 19.5 Å². The zero-order valence-electron chi connectivity index (χ0n) is 15.6. The normalized spacial score (nSPS) is 15.9. The molecular formula is C22H26N2O3. The van der Waals surface area contributed by atoms with Crippen LogP contribution in [0.3, 0.4) is 0 Å². The van der Waals surface area contributed by atoms with E-state index in [4.69, 9.17) is 9.47 Å². The minimum atomic E-state index is 0.0728. The number of carbonyl (C=O) groups excluding carboxylic acids is 1. The molecule has 142 valence electrons. The number of ether oxygens (including phenoxy) is 2. The molecule has 2 aromatic carbocycles. The SMILES string of the molecule is O=C(CCc1ccc2c(c1)OCO2)NCc1ccccc1CN1CCCC1. The van der Waals surface area contributed by atoms with Gasteiger partial charge in [-0.15, -0.1) is 0 Å². The summed E-state index contributed by atoms with van der Waals surface area (Å²) in [6.07, 6.45) is 3.74. The van der Waals surface area contributed by atoms with Crippen LogP contribution in [0.5, 0.6) is 11.5 Å². The molecule has 0 aromatic heterocycles. The highest BCUT2D eigenvalue weighted by molar-refractivity contribution is 5.76. The van der Waals surface area contributed by atoms with Crippen molar-refractivity contribution >= 4 is 5.91 Å². The third-order valence-electron chi connectivity index (χ3n) is 5.26. The second-order valence-corrected chi connectivity index (χ2v) is 7.22. The van der Waals surface area contributed by atoms with Crippen molar-refractivity contribution in [2.24, 2.45) is 0 Å². The average molecular weight is 366 g/mol. The maximum atomic E-state index is 12.3. The van der Waals surface area contributed by atoms with Crippen LogP contribution < -0.4 is 14.8 Å². The van der Waals surface area contributed by atoms with Crippen molar-refractivity contribution in [3.63, 3.8) is 0 Å². The molecule has 5 nitrogen and oxygen atoms in total. The van der Waals surface area contributed by atoms with E-state index in [1.165, 1.54) is 37.1 Å². The van der Waals surface area contributed by atoms with Crippen LogP contribution in [0.2, 0.25) is 0 Å². The van der Waals surface area contributed by atoms with Gasteiger partial charge < -0.3 is 14.8 Å². The van der Waals surface area contributed by atoms with Crippen LogP contribution in [-0.4, -0.2) is 30.7 Å². The fraction of sp³-hybridized carbons (Fsp3) is 0.409. The first-order valence-electron chi connectivity index (χ1n) is 9.72. The first-order valence-corrected chi connectivity index (χ1v) is 9.72. The third kappa shape index (κ3) is 4.61. The van der Waals surface area contributed by atoms with E-state index in [-0.39, 0.29) is 12.7 Å². The van der Waals surface area contributed by atoms with Crippen molar-refractivity contribution in [2.75, 3.05) is 19.9 Å². The molecule has 1 saturated heterocycles. The molecule has 2 aliphatic heterocycles. The topological polar surface area (TPSA) is 50.8 Å². The van der Waals surface area contributed by atoms with E-state index in [0.29, 0.717) is 19.4 Å². The van der Waals surface area contributed by atoms with Crippen LogP contribution in [0.25, 0.3) is 0 Å². The minimum Gasteiger partial charge on any atom is -0.454 e. The van der Waals surface area contributed by atoms with Crippen LogP contribution in [-0.2, 0) is 24.3 Å². The first-order chi connectivity index (χ1) is 13.3. The number of amides is 1. The smallest absolute Gasteiger partial charge is 0.231 e. The van der Waals surface area contributed by atoms with Crippen LogP contribution in [0.15, 0.2) is 42.5 Å². The van der Waals surface area contributed by atoms with E-state index in [0.717, 1.165) is 23.6 Å². The molecule has 0 saturated carbocycles. The van der Waals surface area contributed by atoms with Crippen molar-refractivity contribution < 1.29 is 14.3 Å². The lowest BCUT2D eigenvalue weighted by atomic mass is 10.1. The molecular weight excluding hydrogens is 340 g/mol. The van der Waals surface area contributed by atoms with E-state index in [2.05, 4.69) is 28.4 Å². The Hall–Kier alpha value is -2.53. The molecule has 1 fully saturated rings. The van der Waals surface area contributed by atoms with Crippen LogP contribution in [0, 0.1) is 0 Å². The second kappa shape index (κ2) is 8.44. The molecule has 0 bridgehead atoms. The van der Waals surface area contributed by atoms with Crippen molar-refractivity contribution in [1.82, 2.24) is 10.2 Å². The number of likely N-dealkylation sites (tertiary alicyclic amines) is 1. The van der Waals surface area contributed by atoms with Gasteiger partial charge in [-0.25, -0.2) is 0 Å². The molecule has 27 heavy (non-hydrogen) atoms. The number of carbonyl (C=O) groups is 1. The highest BCUT2D eigenvalue weighted by atomic mass is 16.7. The van der Waals surface area contributed by atoms with E-state index in [1.54, 1.807) is 0 Å². The predicted octanol–water partition coefficient (Wildman–Crippen LogP) is 3.26. The number of rotatable bonds is 7. The quantitative estimate of drug-likeness (QED) is 0.817. The van der Waals surface area contributed by atoms with Gasteiger partial charge in [-0.05, 0) is 61.2 Å². The summed E-state index contributed by atoms with van der Waals surface area (Å²) in [5, 5.41) is 3.07. The lowest BCUT2D eigenvalue weighted by Gasteiger charge is -2.17. The summed E-state index contributed by atoms with van der Waals surface area (Å²) in [5.74, 6) is 1.62. The molecule has 0 aliphatic carbocycles. The number of hydrogen-bond acceptors (Lipinski definition) is 4. The van der Waals surface area contributed by atoms with Crippen LogP contribution in [0.4, 0.5) is 0 Å². The standard InChI is InChI=1S/C22H26N2O3/c25-22(10-8-17-7-9-20-21(13-17)27-16-26-20)23-14-18-5-1-2-6-19(18)15-24-11-3-4-12-24/h1-2,5-7,9,13H,3-4,8,10-12,14-16H2,(H,23,25). The number of fused-ring (bicyclic) bond motifs is 1. The molecule has 0 spiro atoms. The van der Waals surface area contributed by atoms with Crippen molar-refractivity contribution in [3.05, 3.63) is 59.2 Å². The van der Waals surface area contributed by atoms with Crippen molar-refractivity contribution in [1.29, 1.82) is 0 Å². The summed E-state index contributed by atoms with van der Waals surface area (Å²) in [6, 6.07) is 14.3. The largest absolute Gasteiger partial charge is 0.454 e. The second-order valence-electron chi connectivity index (χ2n) is 7.22. The van der Waals surface area contributed by atoms with Crippen molar-refractivity contribution in [2.45, 2.75) is 38.8 Å². The Kier molecular flexibility index (Phi) is 5.58. The maximum absolute atomic E-state index is 12.3. The lowest BCUT2D eigenvalue weighted by molar-refractivity contribution is -0.121. The lowest BCUT2D eigenvalue weighted by Crippen LogP contribution is -2.25. The molecule has 4 rings (SSSR count). The molecule has 0 unspecified atom stereocenters. The van der Waals surface area contributed by atoms with E-state index >= 15 is 0 Å². The highest BCUT2D eigenvalue weighted by Crippen LogP contribution is 2.32. The van der Waals surface area contributed by atoms with Gasteiger partial charge in [0.15, 0.2) is 11.5 Å². The van der Waals surface area contributed by atoms with Gasteiger partial charge in [-0.2, -0.15) is 0 Å². The molecule has 2 heterocycles. The van der Waals surface area contributed by atoms with Gasteiger partial charge in [-0.3, -0.25) is 9.69 Å². The molecule has 2 aromatic rings. The van der Waals surface area contributed by atoms with Gasteiger partial charge in [0.25, 0.3) is 0 Å². The number of benzene rings is 2. The fourth-order valence-electron chi connectivity index (χ4n) is 3.70. The summed E-state index contributed by atoms with van der Waals surface area (Å²) >= 11 is 0. The Balaban J connectivity index is 1.28. The van der Waals surface area contributed by atoms with Crippen molar-refractivity contribution in [3.8, 4) is 11.5 Å². The predicted molar refractivity (Wildman–Crippen MR) is 104 cm³/mol. The Morgan fingerprint density at radius 3 is 2.63 bits per heavy atom. The van der Waals surface area contributed by atoms with E-state index < -0.39 is 0 Å². The molecule has 2 aliphatic rings. The third-order valence-corrected chi connectivity index (χ3v) is 5.26. The van der Waals surface area contributed by atoms with Gasteiger partial charge in [0.1, 0.15) is 0 Å². The molecule has 0 radical (unpaired) electrons. The Labute approximate surface area is 160 Å². The number of aryl methyl sites for hydroxylation is 1. The van der Waals surface area contributed by atoms with E-state index in [1.807, 2.05) is 24.3 Å². The number of hydrogen-bond donors (Lipinski definition) is 1. The zero-order valence-corrected chi connectivity index (χ0v) is 15.6. The first kappa shape index (κ1) is 17.9. The summed E-state index contributed by atoms with van der Waals surface area (Å²) in [5.41, 5.74) is 3.61. The zero-order chi connectivity index (χ0) is 18.5. The van der Waals surface area contributed by atoms with Crippen LogP contribution >= 0.6 is 0 Å². The Morgan fingerprint density at radius 1 is 1.00 bits per heavy atom. The van der Waals surface area contributed by atoms with Gasteiger partial charge >= 0.3 is 0 Å². The Bertz CT molecular complexity index is 800. The fourth-order valence-corrected chi connectivity index (χ4v) is 3.70. The summed E-state index contributed by atoms with van der Waals surface area (Å²) < 4.78 is 10.7. The molecule has 0 atom stereocenters.